The Kier molecular flexibility index (Phi) is 2.10. The van der Waals surface area contributed by atoms with Gasteiger partial charge in [0.2, 0.25) is 0 Å². The number of aromatic nitrogens is 1. The third-order valence-corrected chi connectivity index (χ3v) is 1.83. The molecule has 1 N–H and O–H groups in total. The summed E-state index contributed by atoms with van der Waals surface area (Å²) >= 11 is 0. The van der Waals surface area contributed by atoms with Crippen molar-refractivity contribution in [2.45, 2.75) is 6.10 Å². The average molecular weight is 175 g/mol. The van der Waals surface area contributed by atoms with Crippen LogP contribution >= 0.6 is 0 Å². The Labute approximate surface area is 75.7 Å². The molecule has 0 aromatic carbocycles. The predicted molar refractivity (Wildman–Crippen MR) is 47.0 cm³/mol. The van der Waals surface area contributed by atoms with Crippen molar-refractivity contribution >= 4 is 0 Å². The SMILES string of the molecule is O[C@H](c1ccncc1)c1ccco1. The molecule has 0 radical (unpaired) electrons. The molecule has 0 spiro atoms. The Balaban J connectivity index is 2.29. The first-order valence-electron chi connectivity index (χ1n) is 3.99. The second-order valence-corrected chi connectivity index (χ2v) is 2.70. The lowest BCUT2D eigenvalue weighted by Gasteiger charge is -2.06. The minimum absolute atomic E-state index is 0.547. The number of hydrogen-bond donors (Lipinski definition) is 1. The summed E-state index contributed by atoms with van der Waals surface area (Å²) in [5.41, 5.74) is 0.782. The van der Waals surface area contributed by atoms with E-state index in [1.807, 2.05) is 0 Å². The second-order valence-electron chi connectivity index (χ2n) is 2.70. The Bertz CT molecular complexity index is 356. The van der Waals surface area contributed by atoms with Crippen LogP contribution in [-0.2, 0) is 0 Å². The van der Waals surface area contributed by atoms with Crippen LogP contribution in [0, 0.1) is 0 Å². The summed E-state index contributed by atoms with van der Waals surface area (Å²) in [6.45, 7) is 0. The zero-order chi connectivity index (χ0) is 9.10. The van der Waals surface area contributed by atoms with Gasteiger partial charge in [-0.25, -0.2) is 0 Å². The van der Waals surface area contributed by atoms with Gasteiger partial charge in [0.25, 0.3) is 0 Å². The molecular formula is C10H9NO2. The van der Waals surface area contributed by atoms with Crippen LogP contribution in [0.3, 0.4) is 0 Å². The van der Waals surface area contributed by atoms with Crippen molar-refractivity contribution < 1.29 is 9.52 Å². The summed E-state index contributed by atoms with van der Waals surface area (Å²) in [6.07, 6.45) is 4.13. The molecule has 2 aromatic heterocycles. The molecule has 0 aliphatic rings. The van der Waals surface area contributed by atoms with Gasteiger partial charge in [0, 0.05) is 12.4 Å². The van der Waals surface area contributed by atoms with Gasteiger partial charge < -0.3 is 9.52 Å². The molecule has 0 unspecified atom stereocenters. The van der Waals surface area contributed by atoms with Gasteiger partial charge in [-0.15, -0.1) is 0 Å². The fourth-order valence-corrected chi connectivity index (χ4v) is 1.16. The minimum atomic E-state index is -0.696. The third kappa shape index (κ3) is 1.60. The van der Waals surface area contributed by atoms with Crippen molar-refractivity contribution in [2.24, 2.45) is 0 Å². The van der Waals surface area contributed by atoms with Crippen LogP contribution < -0.4 is 0 Å². The van der Waals surface area contributed by atoms with E-state index in [0.717, 1.165) is 5.56 Å². The standard InChI is InChI=1S/C10H9NO2/c12-10(9-2-1-7-13-9)8-3-5-11-6-4-8/h1-7,10,12H/t10-/m1/s1. The zero-order valence-electron chi connectivity index (χ0n) is 6.92. The van der Waals surface area contributed by atoms with Crippen molar-refractivity contribution in [3.63, 3.8) is 0 Å². The van der Waals surface area contributed by atoms with E-state index in [1.165, 1.54) is 0 Å². The molecule has 3 nitrogen and oxygen atoms in total. The van der Waals surface area contributed by atoms with Gasteiger partial charge >= 0.3 is 0 Å². The first kappa shape index (κ1) is 8.01. The lowest BCUT2D eigenvalue weighted by molar-refractivity contribution is 0.189. The summed E-state index contributed by atoms with van der Waals surface area (Å²) in [6, 6.07) is 7.01. The highest BCUT2D eigenvalue weighted by Gasteiger charge is 2.11. The van der Waals surface area contributed by atoms with Gasteiger partial charge in [0.1, 0.15) is 11.9 Å². The summed E-state index contributed by atoms with van der Waals surface area (Å²) in [4.78, 5) is 3.87. The molecular weight excluding hydrogens is 166 g/mol. The first-order valence-corrected chi connectivity index (χ1v) is 3.99. The van der Waals surface area contributed by atoms with Gasteiger partial charge in [0.05, 0.1) is 6.26 Å². The van der Waals surface area contributed by atoms with Gasteiger partial charge in [-0.1, -0.05) is 0 Å². The molecule has 0 aliphatic heterocycles. The Morgan fingerprint density at radius 3 is 2.62 bits per heavy atom. The molecule has 2 heterocycles. The summed E-state index contributed by atoms with van der Waals surface area (Å²) in [7, 11) is 0. The van der Waals surface area contributed by atoms with Gasteiger partial charge in [0.15, 0.2) is 0 Å². The topological polar surface area (TPSA) is 46.3 Å². The summed E-state index contributed by atoms with van der Waals surface area (Å²) in [5.74, 6) is 0.547. The number of hydrogen-bond acceptors (Lipinski definition) is 3. The number of furan rings is 1. The maximum absolute atomic E-state index is 9.76. The van der Waals surface area contributed by atoms with E-state index in [9.17, 15) is 5.11 Å². The Morgan fingerprint density at radius 2 is 2.00 bits per heavy atom. The highest BCUT2D eigenvalue weighted by molar-refractivity contribution is 5.21. The fourth-order valence-electron chi connectivity index (χ4n) is 1.16. The molecule has 2 aromatic rings. The van der Waals surface area contributed by atoms with Crippen molar-refractivity contribution in [1.82, 2.24) is 4.98 Å². The highest BCUT2D eigenvalue weighted by atomic mass is 16.4. The van der Waals surface area contributed by atoms with E-state index in [0.29, 0.717) is 5.76 Å². The average Bonchev–Trinajstić information content (AvgIpc) is 2.71. The number of aliphatic hydroxyl groups is 1. The number of aliphatic hydroxyl groups excluding tert-OH is 1. The molecule has 0 saturated heterocycles. The minimum Gasteiger partial charge on any atom is -0.466 e. The molecule has 0 fully saturated rings. The van der Waals surface area contributed by atoms with Crippen LogP contribution in [0.15, 0.2) is 47.3 Å². The molecule has 0 bridgehead atoms. The number of nitrogens with zero attached hydrogens (tertiary/aromatic N) is 1. The van der Waals surface area contributed by atoms with Gasteiger partial charge in [-0.2, -0.15) is 0 Å². The summed E-state index contributed by atoms with van der Waals surface area (Å²) < 4.78 is 5.08. The van der Waals surface area contributed by atoms with Crippen LogP contribution in [0.5, 0.6) is 0 Å². The molecule has 0 amide bonds. The van der Waals surface area contributed by atoms with E-state index in [1.54, 1.807) is 42.9 Å². The quantitative estimate of drug-likeness (QED) is 0.756. The van der Waals surface area contributed by atoms with Crippen molar-refractivity contribution in [2.75, 3.05) is 0 Å². The lowest BCUT2D eigenvalue weighted by Crippen LogP contribution is -1.97. The van der Waals surface area contributed by atoms with E-state index < -0.39 is 6.10 Å². The van der Waals surface area contributed by atoms with Crippen LogP contribution in [-0.4, -0.2) is 10.1 Å². The van der Waals surface area contributed by atoms with Crippen molar-refractivity contribution in [3.05, 3.63) is 54.2 Å². The maximum atomic E-state index is 9.76. The normalized spacial score (nSPS) is 12.7. The van der Waals surface area contributed by atoms with Crippen LogP contribution in [0.25, 0.3) is 0 Å². The maximum Gasteiger partial charge on any atom is 0.137 e. The second kappa shape index (κ2) is 3.41. The lowest BCUT2D eigenvalue weighted by atomic mass is 10.1. The molecule has 0 saturated carbocycles. The number of rotatable bonds is 2. The van der Waals surface area contributed by atoms with Crippen LogP contribution in [0.2, 0.25) is 0 Å². The molecule has 3 heteroatoms. The number of pyridine rings is 1. The molecule has 0 aliphatic carbocycles. The van der Waals surface area contributed by atoms with Gasteiger partial charge in [-0.3, -0.25) is 4.98 Å². The summed E-state index contributed by atoms with van der Waals surface area (Å²) in [5, 5.41) is 9.76. The fraction of sp³-hybridized carbons (Fsp3) is 0.100. The van der Waals surface area contributed by atoms with Gasteiger partial charge in [-0.05, 0) is 29.8 Å². The van der Waals surface area contributed by atoms with Crippen molar-refractivity contribution in [1.29, 1.82) is 0 Å². The van der Waals surface area contributed by atoms with Crippen LogP contribution in [0.4, 0.5) is 0 Å². The molecule has 13 heavy (non-hydrogen) atoms. The largest absolute Gasteiger partial charge is 0.466 e. The zero-order valence-corrected chi connectivity index (χ0v) is 6.92. The third-order valence-electron chi connectivity index (χ3n) is 1.83. The van der Waals surface area contributed by atoms with E-state index in [-0.39, 0.29) is 0 Å². The van der Waals surface area contributed by atoms with E-state index >= 15 is 0 Å². The molecule has 66 valence electrons. The van der Waals surface area contributed by atoms with Crippen molar-refractivity contribution in [3.8, 4) is 0 Å². The Morgan fingerprint density at radius 1 is 1.23 bits per heavy atom. The smallest absolute Gasteiger partial charge is 0.137 e. The van der Waals surface area contributed by atoms with Crippen LogP contribution in [0.1, 0.15) is 17.4 Å². The van der Waals surface area contributed by atoms with E-state index in [4.69, 9.17) is 4.42 Å². The monoisotopic (exact) mass is 175 g/mol. The first-order chi connectivity index (χ1) is 6.38. The molecule has 1 atom stereocenters. The molecule has 2 rings (SSSR count). The van der Waals surface area contributed by atoms with E-state index in [2.05, 4.69) is 4.98 Å². The predicted octanol–water partition coefficient (Wildman–Crippen LogP) is 1.76. The highest BCUT2D eigenvalue weighted by Crippen LogP contribution is 2.20. The Hall–Kier alpha value is -1.61.